The lowest BCUT2D eigenvalue weighted by atomic mass is 9.81. The van der Waals surface area contributed by atoms with Gasteiger partial charge in [0.2, 0.25) is 0 Å². The van der Waals surface area contributed by atoms with Crippen LogP contribution in [0.15, 0.2) is 53.1 Å². The smallest absolute Gasteiger partial charge is 0.125 e. The Morgan fingerprint density at radius 3 is 2.30 bits per heavy atom. The van der Waals surface area contributed by atoms with Crippen LogP contribution in [0.25, 0.3) is 0 Å². The minimum atomic E-state index is 0.115. The second-order valence-corrected chi connectivity index (χ2v) is 6.38. The second kappa shape index (κ2) is 6.27. The molecule has 1 N–H and O–H groups in total. The zero-order valence-electron chi connectivity index (χ0n) is 12.9. The van der Waals surface area contributed by atoms with Crippen LogP contribution in [0, 0.1) is 11.3 Å². The standard InChI is InChI=1S/C18H25NO/c1-14(2)18(3,4)13-19-17(16-11-8-12-20-16)15-9-6-5-7-10-15/h5-12,14,17,19H,13H2,1-4H3. The number of hydrogen-bond donors (Lipinski definition) is 1. The van der Waals surface area contributed by atoms with Gasteiger partial charge < -0.3 is 9.73 Å². The molecule has 0 bridgehead atoms. The summed E-state index contributed by atoms with van der Waals surface area (Å²) < 4.78 is 5.61. The third-order valence-electron chi connectivity index (χ3n) is 4.29. The number of nitrogens with one attached hydrogen (secondary N) is 1. The molecular weight excluding hydrogens is 246 g/mol. The van der Waals surface area contributed by atoms with Gasteiger partial charge in [-0.3, -0.25) is 0 Å². The molecule has 0 aliphatic rings. The van der Waals surface area contributed by atoms with Gasteiger partial charge >= 0.3 is 0 Å². The van der Waals surface area contributed by atoms with Crippen LogP contribution in [0.3, 0.4) is 0 Å². The van der Waals surface area contributed by atoms with Crippen molar-refractivity contribution in [1.29, 1.82) is 0 Å². The highest BCUT2D eigenvalue weighted by molar-refractivity contribution is 5.26. The molecule has 2 rings (SSSR count). The van der Waals surface area contributed by atoms with Crippen molar-refractivity contribution in [2.24, 2.45) is 11.3 Å². The summed E-state index contributed by atoms with van der Waals surface area (Å²) in [6.45, 7) is 10.1. The lowest BCUT2D eigenvalue weighted by molar-refractivity contribution is 0.229. The topological polar surface area (TPSA) is 25.2 Å². The van der Waals surface area contributed by atoms with E-state index in [1.165, 1.54) is 5.56 Å². The molecule has 1 heterocycles. The van der Waals surface area contributed by atoms with Crippen LogP contribution in [-0.4, -0.2) is 6.54 Å². The number of hydrogen-bond acceptors (Lipinski definition) is 2. The molecule has 1 unspecified atom stereocenters. The highest BCUT2D eigenvalue weighted by Gasteiger charge is 2.25. The molecule has 20 heavy (non-hydrogen) atoms. The van der Waals surface area contributed by atoms with Gasteiger partial charge in [0.15, 0.2) is 0 Å². The molecule has 1 atom stereocenters. The van der Waals surface area contributed by atoms with Crippen LogP contribution >= 0.6 is 0 Å². The monoisotopic (exact) mass is 271 g/mol. The van der Waals surface area contributed by atoms with Crippen molar-refractivity contribution >= 4 is 0 Å². The van der Waals surface area contributed by atoms with Crippen LogP contribution in [-0.2, 0) is 0 Å². The van der Waals surface area contributed by atoms with E-state index in [0.717, 1.165) is 12.3 Å². The molecule has 1 aromatic heterocycles. The van der Waals surface area contributed by atoms with Crippen molar-refractivity contribution in [2.75, 3.05) is 6.54 Å². The zero-order chi connectivity index (χ0) is 14.6. The summed E-state index contributed by atoms with van der Waals surface area (Å²) in [5.74, 6) is 1.60. The molecule has 0 aliphatic heterocycles. The first kappa shape index (κ1) is 14.9. The van der Waals surface area contributed by atoms with Crippen molar-refractivity contribution in [1.82, 2.24) is 5.32 Å². The Balaban J connectivity index is 2.17. The van der Waals surface area contributed by atoms with Crippen molar-refractivity contribution in [2.45, 2.75) is 33.7 Å². The van der Waals surface area contributed by atoms with Gasteiger partial charge in [-0.15, -0.1) is 0 Å². The van der Waals surface area contributed by atoms with Crippen LogP contribution in [0.1, 0.15) is 45.1 Å². The minimum Gasteiger partial charge on any atom is -0.467 e. The van der Waals surface area contributed by atoms with E-state index >= 15 is 0 Å². The molecular formula is C18H25NO. The summed E-state index contributed by atoms with van der Waals surface area (Å²) in [5, 5.41) is 3.67. The first-order chi connectivity index (χ1) is 9.50. The number of rotatable bonds is 6. The van der Waals surface area contributed by atoms with E-state index in [2.05, 4.69) is 57.3 Å². The fourth-order valence-corrected chi connectivity index (χ4v) is 2.05. The van der Waals surface area contributed by atoms with Crippen molar-refractivity contribution in [3.63, 3.8) is 0 Å². The first-order valence-electron chi connectivity index (χ1n) is 7.32. The zero-order valence-corrected chi connectivity index (χ0v) is 12.9. The summed E-state index contributed by atoms with van der Waals surface area (Å²) in [6, 6.07) is 14.6. The van der Waals surface area contributed by atoms with E-state index in [-0.39, 0.29) is 11.5 Å². The molecule has 0 spiro atoms. The highest BCUT2D eigenvalue weighted by atomic mass is 16.3. The van der Waals surface area contributed by atoms with E-state index in [9.17, 15) is 0 Å². The molecule has 108 valence electrons. The summed E-state index contributed by atoms with van der Waals surface area (Å²) in [6.07, 6.45) is 1.74. The van der Waals surface area contributed by atoms with Crippen LogP contribution < -0.4 is 5.32 Å². The van der Waals surface area contributed by atoms with E-state index in [0.29, 0.717) is 5.92 Å². The molecule has 2 aromatic rings. The fourth-order valence-electron chi connectivity index (χ4n) is 2.05. The number of benzene rings is 1. The van der Waals surface area contributed by atoms with Gasteiger partial charge in [-0.25, -0.2) is 0 Å². The van der Waals surface area contributed by atoms with Crippen LogP contribution in [0.2, 0.25) is 0 Å². The average Bonchev–Trinajstić information content (AvgIpc) is 2.94. The largest absolute Gasteiger partial charge is 0.467 e. The van der Waals surface area contributed by atoms with Crippen molar-refractivity contribution < 1.29 is 4.42 Å². The van der Waals surface area contributed by atoms with E-state index < -0.39 is 0 Å². The van der Waals surface area contributed by atoms with Crippen LogP contribution in [0.4, 0.5) is 0 Å². The van der Waals surface area contributed by atoms with Gasteiger partial charge in [0.1, 0.15) is 5.76 Å². The molecule has 0 amide bonds. The lowest BCUT2D eigenvalue weighted by Gasteiger charge is -2.31. The van der Waals surface area contributed by atoms with Gasteiger partial charge in [0, 0.05) is 6.54 Å². The van der Waals surface area contributed by atoms with Gasteiger partial charge in [0.25, 0.3) is 0 Å². The Labute approximate surface area is 122 Å². The third-order valence-corrected chi connectivity index (χ3v) is 4.29. The predicted octanol–water partition coefficient (Wildman–Crippen LogP) is 4.64. The molecule has 0 fully saturated rings. The normalized spacial score (nSPS) is 13.7. The molecule has 0 radical (unpaired) electrons. The van der Waals surface area contributed by atoms with Crippen molar-refractivity contribution in [3.05, 3.63) is 60.1 Å². The summed E-state index contributed by atoms with van der Waals surface area (Å²) in [5.41, 5.74) is 1.49. The van der Waals surface area contributed by atoms with Crippen LogP contribution in [0.5, 0.6) is 0 Å². The Morgan fingerprint density at radius 1 is 1.05 bits per heavy atom. The molecule has 0 aliphatic carbocycles. The Morgan fingerprint density at radius 2 is 1.75 bits per heavy atom. The Kier molecular flexibility index (Phi) is 4.66. The maximum atomic E-state index is 5.61. The molecule has 0 saturated heterocycles. The van der Waals surface area contributed by atoms with Gasteiger partial charge in [-0.05, 0) is 29.0 Å². The Hall–Kier alpha value is -1.54. The molecule has 1 aromatic carbocycles. The summed E-state index contributed by atoms with van der Waals surface area (Å²) >= 11 is 0. The first-order valence-corrected chi connectivity index (χ1v) is 7.32. The highest BCUT2D eigenvalue weighted by Crippen LogP contribution is 2.28. The van der Waals surface area contributed by atoms with Gasteiger partial charge in [-0.2, -0.15) is 0 Å². The molecule has 2 heteroatoms. The summed E-state index contributed by atoms with van der Waals surface area (Å²) in [7, 11) is 0. The minimum absolute atomic E-state index is 0.115. The van der Waals surface area contributed by atoms with E-state index in [1.807, 2.05) is 18.2 Å². The van der Waals surface area contributed by atoms with Gasteiger partial charge in [0.05, 0.1) is 12.3 Å². The fraction of sp³-hybridized carbons (Fsp3) is 0.444. The van der Waals surface area contributed by atoms with E-state index in [4.69, 9.17) is 4.42 Å². The molecule has 0 saturated carbocycles. The lowest BCUT2D eigenvalue weighted by Crippen LogP contribution is -2.36. The Bertz CT molecular complexity index is 499. The average molecular weight is 271 g/mol. The van der Waals surface area contributed by atoms with Gasteiger partial charge in [-0.1, -0.05) is 58.0 Å². The van der Waals surface area contributed by atoms with E-state index in [1.54, 1.807) is 6.26 Å². The third kappa shape index (κ3) is 3.51. The number of furan rings is 1. The predicted molar refractivity (Wildman–Crippen MR) is 83.6 cm³/mol. The SMILES string of the molecule is CC(C)C(C)(C)CNC(c1ccccc1)c1ccco1. The maximum Gasteiger partial charge on any atom is 0.125 e. The maximum absolute atomic E-state index is 5.61. The quantitative estimate of drug-likeness (QED) is 0.828. The second-order valence-electron chi connectivity index (χ2n) is 6.38. The molecule has 2 nitrogen and oxygen atoms in total. The summed E-state index contributed by atoms with van der Waals surface area (Å²) in [4.78, 5) is 0. The van der Waals surface area contributed by atoms with Crippen molar-refractivity contribution in [3.8, 4) is 0 Å².